The molecule has 0 aliphatic heterocycles. The molecule has 1 N–H and O–H groups in total. The largest absolute Gasteiger partial charge is 0.481 e. The molecular weight excluding hydrogens is 244 g/mol. The van der Waals surface area contributed by atoms with Gasteiger partial charge in [0.05, 0.1) is 6.42 Å². The van der Waals surface area contributed by atoms with Crippen molar-refractivity contribution in [2.24, 2.45) is 0 Å². The van der Waals surface area contributed by atoms with Crippen molar-refractivity contribution in [3.63, 3.8) is 0 Å². The van der Waals surface area contributed by atoms with Gasteiger partial charge >= 0.3 is 11.7 Å². The molecule has 1 rings (SSSR count). The van der Waals surface area contributed by atoms with Crippen molar-refractivity contribution in [3.05, 3.63) is 27.4 Å². The maximum atomic E-state index is 12.0. The second-order valence-electron chi connectivity index (χ2n) is 4.98. The second kappa shape index (κ2) is 6.50. The van der Waals surface area contributed by atoms with Crippen LogP contribution in [0.3, 0.4) is 0 Å². The number of unbranched alkanes of at least 4 members (excludes halogenated alkanes) is 1. The molecule has 0 aliphatic carbocycles. The van der Waals surface area contributed by atoms with Crippen molar-refractivity contribution in [1.82, 2.24) is 9.55 Å². The Kier molecular flexibility index (Phi) is 5.27. The van der Waals surface area contributed by atoms with Crippen LogP contribution in [-0.2, 0) is 11.2 Å². The number of carboxylic acid groups (broad SMARTS) is 1. The van der Waals surface area contributed by atoms with Crippen molar-refractivity contribution in [1.29, 1.82) is 0 Å². The van der Waals surface area contributed by atoms with Crippen molar-refractivity contribution >= 4 is 5.97 Å². The highest BCUT2D eigenvalue weighted by Crippen LogP contribution is 2.18. The molecule has 5 heteroatoms. The first kappa shape index (κ1) is 15.4. The predicted molar refractivity (Wildman–Crippen MR) is 73.5 cm³/mol. The van der Waals surface area contributed by atoms with Crippen LogP contribution in [0.15, 0.2) is 4.79 Å². The van der Waals surface area contributed by atoms with Crippen LogP contribution in [-0.4, -0.2) is 20.6 Å². The van der Waals surface area contributed by atoms with Gasteiger partial charge in [0.25, 0.3) is 0 Å². The SMILES string of the molecule is CCCCC(C)n1c(C)c(CC(=O)O)c(C)nc1=O. The minimum atomic E-state index is -0.903. The van der Waals surface area contributed by atoms with Crippen molar-refractivity contribution in [3.8, 4) is 0 Å². The van der Waals surface area contributed by atoms with Crippen molar-refractivity contribution < 1.29 is 9.90 Å². The number of hydrogen-bond acceptors (Lipinski definition) is 3. The van der Waals surface area contributed by atoms with E-state index in [1.807, 2.05) is 6.92 Å². The Bertz CT molecular complexity index is 520. The van der Waals surface area contributed by atoms with Gasteiger partial charge < -0.3 is 5.11 Å². The van der Waals surface area contributed by atoms with E-state index in [4.69, 9.17) is 5.11 Å². The normalized spacial score (nSPS) is 12.4. The summed E-state index contributed by atoms with van der Waals surface area (Å²) >= 11 is 0. The number of nitrogens with zero attached hydrogens (tertiary/aromatic N) is 2. The summed E-state index contributed by atoms with van der Waals surface area (Å²) in [5.74, 6) is -0.903. The van der Waals surface area contributed by atoms with Crippen LogP contribution in [0.1, 0.15) is 56.1 Å². The molecule has 0 bridgehead atoms. The van der Waals surface area contributed by atoms with E-state index in [0.717, 1.165) is 25.0 Å². The first-order valence-electron chi connectivity index (χ1n) is 6.68. The van der Waals surface area contributed by atoms with E-state index >= 15 is 0 Å². The Hall–Kier alpha value is -1.65. The molecule has 19 heavy (non-hydrogen) atoms. The smallest absolute Gasteiger partial charge is 0.348 e. The molecule has 1 aromatic heterocycles. The van der Waals surface area contributed by atoms with Crippen LogP contribution in [0.25, 0.3) is 0 Å². The van der Waals surface area contributed by atoms with E-state index < -0.39 is 5.97 Å². The zero-order chi connectivity index (χ0) is 14.6. The third kappa shape index (κ3) is 3.66. The van der Waals surface area contributed by atoms with Crippen LogP contribution >= 0.6 is 0 Å². The highest BCUT2D eigenvalue weighted by atomic mass is 16.4. The maximum Gasteiger partial charge on any atom is 0.348 e. The minimum absolute atomic E-state index is 0.0492. The lowest BCUT2D eigenvalue weighted by molar-refractivity contribution is -0.136. The van der Waals surface area contributed by atoms with Gasteiger partial charge in [0.2, 0.25) is 0 Å². The van der Waals surface area contributed by atoms with Crippen LogP contribution < -0.4 is 5.69 Å². The fourth-order valence-corrected chi connectivity index (χ4v) is 2.37. The first-order chi connectivity index (χ1) is 8.88. The van der Waals surface area contributed by atoms with Crippen LogP contribution in [0.2, 0.25) is 0 Å². The van der Waals surface area contributed by atoms with Crippen LogP contribution in [0.4, 0.5) is 0 Å². The molecule has 1 heterocycles. The minimum Gasteiger partial charge on any atom is -0.481 e. The fourth-order valence-electron chi connectivity index (χ4n) is 2.37. The Morgan fingerprint density at radius 2 is 2.05 bits per heavy atom. The van der Waals surface area contributed by atoms with E-state index in [1.165, 1.54) is 0 Å². The van der Waals surface area contributed by atoms with Gasteiger partial charge in [-0.1, -0.05) is 19.8 Å². The van der Waals surface area contributed by atoms with E-state index in [9.17, 15) is 9.59 Å². The average Bonchev–Trinajstić information content (AvgIpc) is 2.31. The number of aryl methyl sites for hydroxylation is 1. The van der Waals surface area contributed by atoms with Gasteiger partial charge in [-0.15, -0.1) is 0 Å². The highest BCUT2D eigenvalue weighted by Gasteiger charge is 2.17. The summed E-state index contributed by atoms with van der Waals surface area (Å²) in [4.78, 5) is 26.9. The van der Waals surface area contributed by atoms with E-state index in [2.05, 4.69) is 11.9 Å². The molecule has 0 saturated heterocycles. The number of carboxylic acids is 1. The maximum absolute atomic E-state index is 12.0. The molecule has 1 atom stereocenters. The van der Waals surface area contributed by atoms with Crippen LogP contribution in [0, 0.1) is 13.8 Å². The molecule has 1 aromatic rings. The van der Waals surface area contributed by atoms with Gasteiger partial charge in [-0.2, -0.15) is 4.98 Å². The monoisotopic (exact) mass is 266 g/mol. The Morgan fingerprint density at radius 1 is 1.42 bits per heavy atom. The molecule has 0 amide bonds. The van der Waals surface area contributed by atoms with E-state index in [1.54, 1.807) is 18.4 Å². The first-order valence-corrected chi connectivity index (χ1v) is 6.68. The summed E-state index contributed by atoms with van der Waals surface area (Å²) in [6.07, 6.45) is 2.91. The number of rotatable bonds is 6. The molecule has 0 aliphatic rings. The standard InChI is InChI=1S/C14H22N2O3/c1-5-6-7-9(2)16-11(4)12(8-13(17)18)10(3)15-14(16)19/h9H,5-8H2,1-4H3,(H,17,18). The Morgan fingerprint density at radius 3 is 2.58 bits per heavy atom. The Balaban J connectivity index is 3.24. The van der Waals surface area contributed by atoms with Gasteiger partial charge in [0.1, 0.15) is 0 Å². The van der Waals surface area contributed by atoms with Gasteiger partial charge in [0, 0.05) is 23.0 Å². The molecule has 0 radical (unpaired) electrons. The van der Waals surface area contributed by atoms with Crippen LogP contribution in [0.5, 0.6) is 0 Å². The Labute approximate surface area is 113 Å². The lowest BCUT2D eigenvalue weighted by atomic mass is 10.1. The molecule has 106 valence electrons. The zero-order valence-electron chi connectivity index (χ0n) is 12.1. The lowest BCUT2D eigenvalue weighted by Crippen LogP contribution is -2.30. The number of aliphatic carboxylic acids is 1. The topological polar surface area (TPSA) is 72.2 Å². The van der Waals surface area contributed by atoms with Gasteiger partial charge in [-0.3, -0.25) is 9.36 Å². The average molecular weight is 266 g/mol. The third-order valence-corrected chi connectivity index (χ3v) is 3.45. The number of hydrogen-bond donors (Lipinski definition) is 1. The summed E-state index contributed by atoms with van der Waals surface area (Å²) in [7, 11) is 0. The summed E-state index contributed by atoms with van der Waals surface area (Å²) in [5, 5.41) is 8.94. The molecule has 5 nitrogen and oxygen atoms in total. The van der Waals surface area contributed by atoms with Crippen molar-refractivity contribution in [2.75, 3.05) is 0 Å². The summed E-state index contributed by atoms with van der Waals surface area (Å²) < 4.78 is 1.63. The predicted octanol–water partition coefficient (Wildman–Crippen LogP) is 2.24. The molecule has 1 unspecified atom stereocenters. The van der Waals surface area contributed by atoms with E-state index in [0.29, 0.717) is 11.3 Å². The molecule has 0 fully saturated rings. The lowest BCUT2D eigenvalue weighted by Gasteiger charge is -2.20. The van der Waals surface area contributed by atoms with Crippen molar-refractivity contribution in [2.45, 2.75) is 59.4 Å². The number of carbonyl (C=O) groups is 1. The summed E-state index contributed by atoms with van der Waals surface area (Å²) in [5.41, 5.74) is 1.61. The molecular formula is C14H22N2O3. The molecule has 0 spiro atoms. The summed E-state index contributed by atoms with van der Waals surface area (Å²) in [6, 6.07) is 0.0492. The van der Waals surface area contributed by atoms with Gasteiger partial charge in [-0.25, -0.2) is 4.79 Å². The summed E-state index contributed by atoms with van der Waals surface area (Å²) in [6.45, 7) is 7.57. The fraction of sp³-hybridized carbons (Fsp3) is 0.643. The molecule has 0 aromatic carbocycles. The quantitative estimate of drug-likeness (QED) is 0.857. The zero-order valence-corrected chi connectivity index (χ0v) is 12.1. The highest BCUT2D eigenvalue weighted by molar-refractivity contribution is 5.70. The number of aromatic nitrogens is 2. The van der Waals surface area contributed by atoms with Gasteiger partial charge in [0.15, 0.2) is 0 Å². The van der Waals surface area contributed by atoms with E-state index in [-0.39, 0.29) is 18.2 Å². The third-order valence-electron chi connectivity index (χ3n) is 3.45. The second-order valence-corrected chi connectivity index (χ2v) is 4.98. The van der Waals surface area contributed by atoms with Gasteiger partial charge in [-0.05, 0) is 27.2 Å². The molecule has 0 saturated carbocycles.